The second-order valence-electron chi connectivity index (χ2n) is 11.7. The van der Waals surface area contributed by atoms with E-state index in [0.717, 1.165) is 40.5 Å². The molecular formula is C31H36N2O4S. The summed E-state index contributed by atoms with van der Waals surface area (Å²) in [6.45, 7) is 0.322. The van der Waals surface area contributed by atoms with Crippen LogP contribution in [0, 0.1) is 17.8 Å². The van der Waals surface area contributed by atoms with Crippen LogP contribution < -0.4 is 14.4 Å². The van der Waals surface area contributed by atoms with Crippen LogP contribution in [0.1, 0.15) is 44.1 Å². The number of nitrogens with one attached hydrogen (secondary N) is 1. The lowest BCUT2D eigenvalue weighted by Crippen LogP contribution is -2.48. The van der Waals surface area contributed by atoms with Gasteiger partial charge in [-0.15, -0.1) is 0 Å². The zero-order valence-electron chi connectivity index (χ0n) is 21.9. The van der Waals surface area contributed by atoms with Crippen molar-refractivity contribution in [2.45, 2.75) is 43.9 Å². The molecule has 3 aromatic rings. The van der Waals surface area contributed by atoms with Crippen molar-refractivity contribution in [3.8, 4) is 5.75 Å². The normalized spacial score (nSPS) is 25.9. The fourth-order valence-corrected chi connectivity index (χ4v) is 8.50. The molecule has 6 nitrogen and oxygen atoms in total. The van der Waals surface area contributed by atoms with Crippen LogP contribution in [0.25, 0.3) is 10.8 Å². The smallest absolute Gasteiger partial charge is 0.240 e. The predicted molar refractivity (Wildman–Crippen MR) is 151 cm³/mol. The Bertz CT molecular complexity index is 1400. The zero-order chi connectivity index (χ0) is 26.3. The third kappa shape index (κ3) is 5.13. The molecule has 4 bridgehead atoms. The van der Waals surface area contributed by atoms with E-state index >= 15 is 0 Å². The summed E-state index contributed by atoms with van der Waals surface area (Å²) in [7, 11) is -3.62. The molecule has 0 atom stereocenters. The summed E-state index contributed by atoms with van der Waals surface area (Å²) in [5, 5.41) is 5.02. The molecule has 4 fully saturated rings. The number of benzene rings is 3. The topological polar surface area (TPSA) is 75.7 Å². The van der Waals surface area contributed by atoms with Crippen molar-refractivity contribution in [1.29, 1.82) is 0 Å². The summed E-state index contributed by atoms with van der Waals surface area (Å²) in [5.74, 6) is 2.92. The van der Waals surface area contributed by atoms with Crippen LogP contribution in [0.3, 0.4) is 0 Å². The van der Waals surface area contributed by atoms with Gasteiger partial charge in [-0.25, -0.2) is 8.42 Å². The molecule has 38 heavy (non-hydrogen) atoms. The molecule has 0 spiro atoms. The molecule has 0 aliphatic heterocycles. The van der Waals surface area contributed by atoms with Crippen molar-refractivity contribution in [3.63, 3.8) is 0 Å². The van der Waals surface area contributed by atoms with E-state index in [2.05, 4.69) is 17.4 Å². The minimum absolute atomic E-state index is 0.256. The van der Waals surface area contributed by atoms with Crippen molar-refractivity contribution in [2.24, 2.45) is 17.8 Å². The first-order chi connectivity index (χ1) is 18.3. The van der Waals surface area contributed by atoms with Crippen molar-refractivity contribution in [3.05, 3.63) is 72.3 Å². The summed E-state index contributed by atoms with van der Waals surface area (Å²) in [6.07, 6.45) is 9.11. The Morgan fingerprint density at radius 1 is 0.921 bits per heavy atom. The predicted octanol–water partition coefficient (Wildman–Crippen LogP) is 5.27. The first-order valence-corrected chi connectivity index (χ1v) is 15.6. The molecule has 0 saturated heterocycles. The van der Waals surface area contributed by atoms with Gasteiger partial charge in [0.05, 0.1) is 18.5 Å². The van der Waals surface area contributed by atoms with E-state index in [1.807, 2.05) is 54.6 Å². The molecule has 7 rings (SSSR count). The quantitative estimate of drug-likeness (QED) is 0.381. The molecule has 0 radical (unpaired) electrons. The highest BCUT2D eigenvalue weighted by atomic mass is 32.2. The van der Waals surface area contributed by atoms with Gasteiger partial charge in [0.25, 0.3) is 0 Å². The minimum Gasteiger partial charge on any atom is -0.492 e. The molecule has 7 heteroatoms. The standard InChI is InChI=1S/C31H36N2O4S/c1-38(35,36)33(21-30(34)32-12-13-37-29-11-6-25-4-2-3-5-26(25)17-29)28-9-7-27(8-10-28)31-18-22-14-23(19-31)16-24(15-22)20-31/h2-11,17,22-24H,12-16,18-21H2,1H3,(H,32,34). The minimum atomic E-state index is -3.62. The maximum Gasteiger partial charge on any atom is 0.240 e. The summed E-state index contributed by atoms with van der Waals surface area (Å²) in [6, 6.07) is 21.9. The number of hydrogen-bond donors (Lipinski definition) is 1. The Hall–Kier alpha value is -3.06. The van der Waals surface area contributed by atoms with Gasteiger partial charge in [0.2, 0.25) is 15.9 Å². The number of rotatable bonds is 9. The lowest BCUT2D eigenvalue weighted by molar-refractivity contribution is -0.119. The van der Waals surface area contributed by atoms with Crippen LogP contribution in [0.5, 0.6) is 5.75 Å². The summed E-state index contributed by atoms with van der Waals surface area (Å²) in [4.78, 5) is 12.7. The van der Waals surface area contributed by atoms with Crippen molar-refractivity contribution < 1.29 is 17.9 Å². The van der Waals surface area contributed by atoms with Crippen LogP contribution in [-0.4, -0.2) is 40.3 Å². The molecule has 4 saturated carbocycles. The molecule has 1 N–H and O–H groups in total. The van der Waals surface area contributed by atoms with E-state index < -0.39 is 10.0 Å². The average molecular weight is 533 g/mol. The highest BCUT2D eigenvalue weighted by Gasteiger charge is 2.51. The molecule has 0 unspecified atom stereocenters. The molecule has 3 aromatic carbocycles. The monoisotopic (exact) mass is 532 g/mol. The molecule has 0 aromatic heterocycles. The second-order valence-corrected chi connectivity index (χ2v) is 13.6. The fraction of sp³-hybridized carbons (Fsp3) is 0.452. The van der Waals surface area contributed by atoms with E-state index in [1.165, 1.54) is 48.4 Å². The number of hydrogen-bond acceptors (Lipinski definition) is 4. The number of anilines is 1. The molecule has 4 aliphatic rings. The largest absolute Gasteiger partial charge is 0.492 e. The Balaban J connectivity index is 1.06. The second kappa shape index (κ2) is 9.92. The van der Waals surface area contributed by atoms with Crippen molar-refractivity contribution >= 4 is 32.4 Å². The van der Waals surface area contributed by atoms with Crippen LogP contribution in [0.2, 0.25) is 0 Å². The molecule has 200 valence electrons. The summed E-state index contributed by atoms with van der Waals surface area (Å²) >= 11 is 0. The van der Waals surface area contributed by atoms with E-state index in [0.29, 0.717) is 12.3 Å². The zero-order valence-corrected chi connectivity index (χ0v) is 22.8. The number of fused-ring (bicyclic) bond motifs is 1. The van der Waals surface area contributed by atoms with Gasteiger partial charge in [-0.2, -0.15) is 0 Å². The number of sulfonamides is 1. The number of amides is 1. The van der Waals surface area contributed by atoms with E-state index in [-0.39, 0.29) is 24.4 Å². The highest BCUT2D eigenvalue weighted by Crippen LogP contribution is 2.60. The van der Waals surface area contributed by atoms with Gasteiger partial charge in [0.15, 0.2) is 0 Å². The van der Waals surface area contributed by atoms with E-state index in [1.54, 1.807) is 0 Å². The third-order valence-corrected chi connectivity index (χ3v) is 10.0. The van der Waals surface area contributed by atoms with Crippen molar-refractivity contribution in [1.82, 2.24) is 5.32 Å². The SMILES string of the molecule is CS(=O)(=O)N(CC(=O)NCCOc1ccc2ccccc2c1)c1ccc(C23CC4CC(CC(C4)C2)C3)cc1. The Kier molecular flexibility index (Phi) is 6.58. The van der Waals surface area contributed by atoms with Crippen LogP contribution >= 0.6 is 0 Å². The third-order valence-electron chi connectivity index (χ3n) is 8.91. The van der Waals surface area contributed by atoms with Gasteiger partial charge in [-0.3, -0.25) is 9.10 Å². The number of carbonyl (C=O) groups excluding carboxylic acids is 1. The lowest BCUT2D eigenvalue weighted by Gasteiger charge is -2.57. The van der Waals surface area contributed by atoms with Crippen LogP contribution in [-0.2, 0) is 20.2 Å². The first-order valence-electron chi connectivity index (χ1n) is 13.7. The van der Waals surface area contributed by atoms with Gasteiger partial charge in [-0.05, 0) is 102 Å². The van der Waals surface area contributed by atoms with E-state index in [4.69, 9.17) is 4.74 Å². The Labute approximate surface area is 225 Å². The lowest BCUT2D eigenvalue weighted by atomic mass is 9.48. The first kappa shape index (κ1) is 25.2. The number of ether oxygens (including phenoxy) is 1. The van der Waals surface area contributed by atoms with Gasteiger partial charge < -0.3 is 10.1 Å². The molecule has 0 heterocycles. The van der Waals surface area contributed by atoms with Gasteiger partial charge in [0, 0.05) is 0 Å². The fourth-order valence-electron chi connectivity index (χ4n) is 7.65. The van der Waals surface area contributed by atoms with Gasteiger partial charge in [0.1, 0.15) is 18.9 Å². The molecule has 1 amide bonds. The average Bonchev–Trinajstić information content (AvgIpc) is 2.88. The van der Waals surface area contributed by atoms with E-state index in [9.17, 15) is 13.2 Å². The maximum atomic E-state index is 12.7. The highest BCUT2D eigenvalue weighted by molar-refractivity contribution is 7.92. The van der Waals surface area contributed by atoms with Gasteiger partial charge in [-0.1, -0.05) is 42.5 Å². The Morgan fingerprint density at radius 2 is 1.55 bits per heavy atom. The summed E-state index contributed by atoms with van der Waals surface area (Å²) < 4.78 is 32.2. The van der Waals surface area contributed by atoms with Crippen molar-refractivity contribution in [2.75, 3.05) is 30.3 Å². The molecule has 4 aliphatic carbocycles. The van der Waals surface area contributed by atoms with Crippen LogP contribution in [0.15, 0.2) is 66.7 Å². The number of nitrogens with zero attached hydrogens (tertiary/aromatic N) is 1. The van der Waals surface area contributed by atoms with Gasteiger partial charge >= 0.3 is 0 Å². The molecular weight excluding hydrogens is 496 g/mol. The Morgan fingerprint density at radius 3 is 2.18 bits per heavy atom. The van der Waals surface area contributed by atoms with Crippen LogP contribution in [0.4, 0.5) is 5.69 Å². The number of carbonyl (C=O) groups is 1. The summed E-state index contributed by atoms with van der Waals surface area (Å²) in [5.41, 5.74) is 2.12. The maximum absolute atomic E-state index is 12.7.